The maximum atomic E-state index is 12.3. The van der Waals surface area contributed by atoms with Gasteiger partial charge in [-0.05, 0) is 37.3 Å². The average Bonchev–Trinajstić information content (AvgIpc) is 3.75. The quantitative estimate of drug-likeness (QED) is 0.362. The number of anilines is 4. The summed E-state index contributed by atoms with van der Waals surface area (Å²) in [6.07, 6.45) is 5.86. The molecule has 2 aliphatic heterocycles. The largest absolute Gasteiger partial charge is 0.494 e. The van der Waals surface area contributed by atoms with Crippen molar-refractivity contribution in [3.05, 3.63) is 72.6 Å². The van der Waals surface area contributed by atoms with Crippen LogP contribution in [-0.2, 0) is 16.1 Å². The van der Waals surface area contributed by atoms with E-state index in [0.29, 0.717) is 35.2 Å². The van der Waals surface area contributed by atoms with Gasteiger partial charge in [0, 0.05) is 61.2 Å². The molecule has 1 saturated carbocycles. The van der Waals surface area contributed by atoms with E-state index in [-0.39, 0.29) is 11.6 Å². The number of benzene rings is 2. The van der Waals surface area contributed by atoms with Crippen molar-refractivity contribution in [2.45, 2.75) is 37.8 Å². The van der Waals surface area contributed by atoms with Crippen molar-refractivity contribution in [3.8, 4) is 5.75 Å². The highest BCUT2D eigenvalue weighted by atomic mass is 16.7. The summed E-state index contributed by atoms with van der Waals surface area (Å²) in [5.41, 5.74) is 9.44. The van der Waals surface area contributed by atoms with Gasteiger partial charge < -0.3 is 20.7 Å². The first-order chi connectivity index (χ1) is 20.0. The van der Waals surface area contributed by atoms with Gasteiger partial charge in [-0.3, -0.25) is 14.5 Å². The molecular weight excluding hydrogens is 518 g/mol. The molecule has 1 aromatic heterocycles. The van der Waals surface area contributed by atoms with E-state index in [1.165, 1.54) is 24.7 Å². The molecule has 3 fully saturated rings. The number of nitrogens with two attached hydrogens (primary N) is 1. The van der Waals surface area contributed by atoms with Gasteiger partial charge >= 0.3 is 0 Å². The van der Waals surface area contributed by atoms with Crippen molar-refractivity contribution in [2.24, 2.45) is 5.73 Å². The predicted molar refractivity (Wildman–Crippen MR) is 160 cm³/mol. The summed E-state index contributed by atoms with van der Waals surface area (Å²) in [7, 11) is 1.63. The van der Waals surface area contributed by atoms with E-state index in [1.807, 2.05) is 29.3 Å². The maximum Gasteiger partial charge on any atom is 0.248 e. The average molecular weight is 556 g/mol. The maximum absolute atomic E-state index is 12.3. The molecule has 3 heterocycles. The van der Waals surface area contributed by atoms with E-state index in [4.69, 9.17) is 15.3 Å². The smallest absolute Gasteiger partial charge is 0.248 e. The zero-order chi connectivity index (χ0) is 28.3. The molecule has 41 heavy (non-hydrogen) atoms. The van der Waals surface area contributed by atoms with Gasteiger partial charge in [0.1, 0.15) is 17.9 Å². The monoisotopic (exact) mass is 555 g/mol. The highest BCUT2D eigenvalue weighted by Gasteiger charge is 2.32. The molecule has 6 rings (SSSR count). The van der Waals surface area contributed by atoms with E-state index < -0.39 is 5.91 Å². The number of carbonyl (C=O) groups excluding carboxylic acids is 1. The number of aromatic nitrogens is 2. The van der Waals surface area contributed by atoms with Crippen LogP contribution >= 0.6 is 0 Å². The molecule has 2 aromatic carbocycles. The molecule has 10 nitrogen and oxygen atoms in total. The van der Waals surface area contributed by atoms with Crippen LogP contribution in [0.2, 0.25) is 0 Å². The third-order valence-corrected chi connectivity index (χ3v) is 8.13. The third-order valence-electron chi connectivity index (χ3n) is 8.13. The lowest BCUT2D eigenvalue weighted by Gasteiger charge is -2.37. The van der Waals surface area contributed by atoms with Gasteiger partial charge in [0.25, 0.3) is 0 Å². The van der Waals surface area contributed by atoms with Gasteiger partial charge in [-0.25, -0.2) is 15.0 Å². The van der Waals surface area contributed by atoms with Crippen LogP contribution in [0.15, 0.2) is 61.4 Å². The minimum absolute atomic E-state index is 0.167. The Morgan fingerprint density at radius 3 is 2.59 bits per heavy atom. The summed E-state index contributed by atoms with van der Waals surface area (Å²) < 4.78 is 5.80. The number of carbonyl (C=O) groups is 1. The van der Waals surface area contributed by atoms with Gasteiger partial charge in [-0.15, -0.1) is 0 Å². The van der Waals surface area contributed by atoms with Gasteiger partial charge in [0.2, 0.25) is 5.91 Å². The Morgan fingerprint density at radius 1 is 1.10 bits per heavy atom. The van der Waals surface area contributed by atoms with Crippen molar-refractivity contribution in [1.29, 1.82) is 0 Å². The predicted octanol–water partition coefficient (Wildman–Crippen LogP) is 3.76. The molecule has 1 atom stereocenters. The number of ether oxygens (including phenoxy) is 1. The fourth-order valence-corrected chi connectivity index (χ4v) is 5.75. The first-order valence-corrected chi connectivity index (χ1v) is 14.3. The lowest BCUT2D eigenvalue weighted by Crippen LogP contribution is -2.47. The standard InChI is InChI=1S/C31H37N7O3/c1-21(31(32)39)25-17-26(28(40-2)18-27(25)37-13-11-36(12-14-37)23-8-9-23)35-29-19-30(34-20-33-29)38-24(10-15-41-38)16-22-6-4-3-5-7-22/h3-7,17-20,23-24H,1,8-16H2,2H3,(H2,32,39)(H,33,34,35)/t24-/m1/s1. The van der Waals surface area contributed by atoms with E-state index in [1.54, 1.807) is 7.11 Å². The number of methoxy groups -OCH3 is 1. The molecule has 214 valence electrons. The number of hydrogen-bond acceptors (Lipinski definition) is 9. The van der Waals surface area contributed by atoms with Crippen LogP contribution in [-0.4, -0.2) is 72.8 Å². The topological polar surface area (TPSA) is 109 Å². The second-order valence-electron chi connectivity index (χ2n) is 10.8. The van der Waals surface area contributed by atoms with E-state index in [9.17, 15) is 4.79 Å². The number of rotatable bonds is 10. The van der Waals surface area contributed by atoms with E-state index in [0.717, 1.165) is 50.7 Å². The fourth-order valence-electron chi connectivity index (χ4n) is 5.75. The van der Waals surface area contributed by atoms with Crippen molar-refractivity contribution in [1.82, 2.24) is 14.9 Å². The van der Waals surface area contributed by atoms with Gasteiger partial charge in [-0.2, -0.15) is 0 Å². The van der Waals surface area contributed by atoms with Crippen LogP contribution in [0.3, 0.4) is 0 Å². The van der Waals surface area contributed by atoms with Crippen molar-refractivity contribution < 1.29 is 14.4 Å². The molecule has 2 saturated heterocycles. The van der Waals surface area contributed by atoms with Crippen LogP contribution in [0.5, 0.6) is 5.75 Å². The van der Waals surface area contributed by atoms with Gasteiger partial charge in [0.05, 0.1) is 25.4 Å². The third kappa shape index (κ3) is 5.98. The molecule has 1 amide bonds. The minimum atomic E-state index is -0.557. The number of hydrogen-bond donors (Lipinski definition) is 2. The Bertz CT molecular complexity index is 1400. The molecule has 0 spiro atoms. The van der Waals surface area contributed by atoms with Crippen LogP contribution in [0, 0.1) is 0 Å². The Labute approximate surface area is 240 Å². The fraction of sp³-hybridized carbons (Fsp3) is 0.387. The first-order valence-electron chi connectivity index (χ1n) is 14.3. The van der Waals surface area contributed by atoms with Crippen molar-refractivity contribution >= 4 is 34.5 Å². The number of nitrogens with one attached hydrogen (secondary N) is 1. The normalized spacial score (nSPS) is 19.3. The number of piperazine rings is 1. The van der Waals surface area contributed by atoms with Crippen LogP contribution < -0.4 is 25.8 Å². The minimum Gasteiger partial charge on any atom is -0.494 e. The zero-order valence-electron chi connectivity index (χ0n) is 23.5. The molecule has 10 heteroatoms. The number of primary amides is 1. The Morgan fingerprint density at radius 2 is 1.88 bits per heavy atom. The summed E-state index contributed by atoms with van der Waals surface area (Å²) in [6.45, 7) is 8.35. The van der Waals surface area contributed by atoms with Gasteiger partial charge in [0.15, 0.2) is 5.82 Å². The summed E-state index contributed by atoms with van der Waals surface area (Å²) in [6, 6.07) is 17.0. The number of nitrogens with zero attached hydrogens (tertiary/aromatic N) is 5. The lowest BCUT2D eigenvalue weighted by atomic mass is 10.0. The Kier molecular flexibility index (Phi) is 7.76. The Balaban J connectivity index is 1.25. The van der Waals surface area contributed by atoms with E-state index in [2.05, 4.69) is 55.9 Å². The lowest BCUT2D eigenvalue weighted by molar-refractivity contribution is -0.112. The molecular formula is C31H37N7O3. The zero-order valence-corrected chi connectivity index (χ0v) is 23.5. The van der Waals surface area contributed by atoms with Crippen molar-refractivity contribution in [2.75, 3.05) is 55.2 Å². The second kappa shape index (κ2) is 11.8. The second-order valence-corrected chi connectivity index (χ2v) is 10.8. The number of hydroxylamine groups is 1. The van der Waals surface area contributed by atoms with Crippen LogP contribution in [0.25, 0.3) is 5.57 Å². The number of amides is 1. The van der Waals surface area contributed by atoms with Gasteiger partial charge in [-0.1, -0.05) is 36.9 Å². The molecule has 3 aromatic rings. The molecule has 0 bridgehead atoms. The molecule has 0 radical (unpaired) electrons. The first kappa shape index (κ1) is 27.0. The summed E-state index contributed by atoms with van der Waals surface area (Å²) in [5, 5.41) is 5.24. The molecule has 0 unspecified atom stereocenters. The summed E-state index contributed by atoms with van der Waals surface area (Å²) in [4.78, 5) is 32.0. The molecule has 1 aliphatic carbocycles. The molecule has 3 N–H and O–H groups in total. The summed E-state index contributed by atoms with van der Waals surface area (Å²) >= 11 is 0. The Hall–Kier alpha value is -4.15. The van der Waals surface area contributed by atoms with Crippen molar-refractivity contribution in [3.63, 3.8) is 0 Å². The van der Waals surface area contributed by atoms with Crippen LogP contribution in [0.4, 0.5) is 23.0 Å². The summed E-state index contributed by atoms with van der Waals surface area (Å²) in [5.74, 6) is 1.32. The molecule has 3 aliphatic rings. The highest BCUT2D eigenvalue weighted by molar-refractivity contribution is 6.19. The van der Waals surface area contributed by atoms with E-state index >= 15 is 0 Å². The highest BCUT2D eigenvalue weighted by Crippen LogP contribution is 2.39. The SMILES string of the molecule is C=C(C(N)=O)c1cc(Nc2cc(N3OCC[C@@H]3Cc3ccccc3)ncn2)c(OC)cc1N1CCN(C2CC2)CC1. The van der Waals surface area contributed by atoms with Crippen LogP contribution in [0.1, 0.15) is 30.4 Å².